The van der Waals surface area contributed by atoms with Gasteiger partial charge in [0.1, 0.15) is 5.76 Å². The van der Waals surface area contributed by atoms with E-state index in [9.17, 15) is 5.11 Å². The van der Waals surface area contributed by atoms with Gasteiger partial charge in [0.25, 0.3) is 0 Å². The third kappa shape index (κ3) is 2.49. The summed E-state index contributed by atoms with van der Waals surface area (Å²) in [6.07, 6.45) is 1.77. The highest BCUT2D eigenvalue weighted by atomic mass is 16.4. The SMILES string of the molecule is Cc1cccc(-c2ncc(CC(C)O)o2)c1. The third-order valence-electron chi connectivity index (χ3n) is 2.32. The molecule has 0 aliphatic heterocycles. The highest BCUT2D eigenvalue weighted by Gasteiger charge is 2.08. The molecule has 0 spiro atoms. The molecule has 0 saturated carbocycles. The van der Waals surface area contributed by atoms with Crippen molar-refractivity contribution < 1.29 is 9.52 Å². The van der Waals surface area contributed by atoms with E-state index >= 15 is 0 Å². The second-order valence-electron chi connectivity index (χ2n) is 4.05. The predicted molar refractivity (Wildman–Crippen MR) is 62.1 cm³/mol. The highest BCUT2D eigenvalue weighted by Crippen LogP contribution is 2.20. The number of rotatable bonds is 3. The predicted octanol–water partition coefficient (Wildman–Crippen LogP) is 2.57. The molecule has 0 radical (unpaired) electrons. The van der Waals surface area contributed by atoms with Crippen LogP contribution < -0.4 is 0 Å². The van der Waals surface area contributed by atoms with E-state index in [2.05, 4.69) is 4.98 Å². The zero-order valence-corrected chi connectivity index (χ0v) is 9.47. The molecule has 2 aromatic rings. The van der Waals surface area contributed by atoms with Crippen molar-refractivity contribution in [2.24, 2.45) is 0 Å². The second-order valence-corrected chi connectivity index (χ2v) is 4.05. The van der Waals surface area contributed by atoms with Crippen LogP contribution in [0, 0.1) is 6.92 Å². The quantitative estimate of drug-likeness (QED) is 0.859. The lowest BCUT2D eigenvalue weighted by molar-refractivity contribution is 0.187. The van der Waals surface area contributed by atoms with Gasteiger partial charge in [-0.25, -0.2) is 4.98 Å². The molecular formula is C13H15NO2. The van der Waals surface area contributed by atoms with Crippen LogP contribution in [0.25, 0.3) is 11.5 Å². The Morgan fingerprint density at radius 3 is 2.94 bits per heavy atom. The molecule has 0 fully saturated rings. The summed E-state index contributed by atoms with van der Waals surface area (Å²) in [5.41, 5.74) is 2.14. The van der Waals surface area contributed by atoms with Crippen LogP contribution in [0.15, 0.2) is 34.9 Å². The van der Waals surface area contributed by atoms with Crippen LogP contribution in [-0.4, -0.2) is 16.2 Å². The number of aryl methyl sites for hydroxylation is 1. The molecule has 1 N–H and O–H groups in total. The van der Waals surface area contributed by atoms with Gasteiger partial charge in [-0.05, 0) is 26.0 Å². The minimum Gasteiger partial charge on any atom is -0.441 e. The van der Waals surface area contributed by atoms with Crippen LogP contribution in [0.3, 0.4) is 0 Å². The summed E-state index contributed by atoms with van der Waals surface area (Å²) in [7, 11) is 0. The highest BCUT2D eigenvalue weighted by molar-refractivity contribution is 5.54. The Balaban J connectivity index is 2.24. The molecule has 2 rings (SSSR count). The molecule has 1 atom stereocenters. The topological polar surface area (TPSA) is 46.3 Å². The van der Waals surface area contributed by atoms with E-state index in [4.69, 9.17) is 4.42 Å². The van der Waals surface area contributed by atoms with Gasteiger partial charge in [-0.1, -0.05) is 17.7 Å². The van der Waals surface area contributed by atoms with Crippen LogP contribution in [0.2, 0.25) is 0 Å². The van der Waals surface area contributed by atoms with Gasteiger partial charge in [-0.2, -0.15) is 0 Å². The molecule has 1 aromatic carbocycles. The van der Waals surface area contributed by atoms with E-state index in [1.54, 1.807) is 13.1 Å². The largest absolute Gasteiger partial charge is 0.441 e. The number of aliphatic hydroxyl groups is 1. The molecule has 0 saturated heterocycles. The summed E-state index contributed by atoms with van der Waals surface area (Å²) in [6.45, 7) is 3.76. The Morgan fingerprint density at radius 2 is 2.25 bits per heavy atom. The fraction of sp³-hybridized carbons (Fsp3) is 0.308. The number of aromatic nitrogens is 1. The Bertz CT molecular complexity index is 474. The zero-order chi connectivity index (χ0) is 11.5. The second kappa shape index (κ2) is 4.49. The maximum atomic E-state index is 9.24. The lowest BCUT2D eigenvalue weighted by Gasteiger charge is -1.99. The average molecular weight is 217 g/mol. The molecule has 0 aliphatic carbocycles. The Morgan fingerprint density at radius 1 is 1.44 bits per heavy atom. The number of nitrogens with zero attached hydrogens (tertiary/aromatic N) is 1. The fourth-order valence-corrected chi connectivity index (χ4v) is 1.60. The van der Waals surface area contributed by atoms with Gasteiger partial charge in [0.15, 0.2) is 0 Å². The van der Waals surface area contributed by atoms with E-state index in [-0.39, 0.29) is 0 Å². The van der Waals surface area contributed by atoms with Gasteiger partial charge in [-0.15, -0.1) is 0 Å². The normalized spacial score (nSPS) is 12.7. The third-order valence-corrected chi connectivity index (χ3v) is 2.32. The number of benzene rings is 1. The van der Waals surface area contributed by atoms with Crippen molar-refractivity contribution in [1.29, 1.82) is 0 Å². The average Bonchev–Trinajstić information content (AvgIpc) is 2.65. The molecule has 3 nitrogen and oxygen atoms in total. The van der Waals surface area contributed by atoms with E-state index < -0.39 is 6.10 Å². The van der Waals surface area contributed by atoms with Gasteiger partial charge in [0.05, 0.1) is 12.3 Å². The Hall–Kier alpha value is -1.61. The summed E-state index contributed by atoms with van der Waals surface area (Å²) >= 11 is 0. The first-order chi connectivity index (χ1) is 7.65. The molecule has 0 aliphatic rings. The number of hydrogen-bond acceptors (Lipinski definition) is 3. The van der Waals surface area contributed by atoms with Crippen LogP contribution in [0.4, 0.5) is 0 Å². The molecule has 1 unspecified atom stereocenters. The summed E-state index contributed by atoms with van der Waals surface area (Å²) in [6, 6.07) is 8.00. The van der Waals surface area contributed by atoms with E-state index in [0.717, 1.165) is 5.56 Å². The lowest BCUT2D eigenvalue weighted by atomic mass is 10.1. The van der Waals surface area contributed by atoms with Gasteiger partial charge in [0, 0.05) is 12.0 Å². The molecule has 1 aromatic heterocycles. The van der Waals surface area contributed by atoms with E-state index in [0.29, 0.717) is 18.1 Å². The molecule has 84 valence electrons. The summed E-state index contributed by atoms with van der Waals surface area (Å²) in [4.78, 5) is 4.20. The lowest BCUT2D eigenvalue weighted by Crippen LogP contribution is -2.02. The van der Waals surface area contributed by atoms with Crippen molar-refractivity contribution in [3.8, 4) is 11.5 Å². The molecule has 16 heavy (non-hydrogen) atoms. The van der Waals surface area contributed by atoms with Crippen LogP contribution in [0.1, 0.15) is 18.2 Å². The summed E-state index contributed by atoms with van der Waals surface area (Å²) in [5, 5.41) is 9.24. The van der Waals surface area contributed by atoms with Crippen LogP contribution in [-0.2, 0) is 6.42 Å². The van der Waals surface area contributed by atoms with Crippen molar-refractivity contribution in [2.45, 2.75) is 26.4 Å². The van der Waals surface area contributed by atoms with Crippen LogP contribution in [0.5, 0.6) is 0 Å². The minimum atomic E-state index is -0.404. The standard InChI is InChI=1S/C13H15NO2/c1-9-4-3-5-11(6-9)13-14-8-12(16-13)7-10(2)15/h3-6,8,10,15H,7H2,1-2H3. The number of aliphatic hydroxyl groups excluding tert-OH is 1. The van der Waals surface area contributed by atoms with Crippen molar-refractivity contribution in [3.63, 3.8) is 0 Å². The minimum absolute atomic E-state index is 0.404. The summed E-state index contributed by atoms with van der Waals surface area (Å²) < 4.78 is 5.56. The number of hydrogen-bond donors (Lipinski definition) is 1. The molecule has 1 heterocycles. The first-order valence-electron chi connectivity index (χ1n) is 5.35. The van der Waals surface area contributed by atoms with Crippen molar-refractivity contribution in [1.82, 2.24) is 4.98 Å². The smallest absolute Gasteiger partial charge is 0.226 e. The molecular weight excluding hydrogens is 202 g/mol. The molecule has 3 heteroatoms. The summed E-state index contributed by atoms with van der Waals surface area (Å²) in [5.74, 6) is 1.32. The monoisotopic (exact) mass is 217 g/mol. The molecule has 0 bridgehead atoms. The number of oxazole rings is 1. The first-order valence-corrected chi connectivity index (χ1v) is 5.35. The van der Waals surface area contributed by atoms with Crippen molar-refractivity contribution in [2.75, 3.05) is 0 Å². The first kappa shape index (κ1) is 10.9. The van der Waals surface area contributed by atoms with Crippen molar-refractivity contribution >= 4 is 0 Å². The Kier molecular flexibility index (Phi) is 3.06. The van der Waals surface area contributed by atoms with Gasteiger partial charge in [-0.3, -0.25) is 0 Å². The Labute approximate surface area is 94.8 Å². The van der Waals surface area contributed by atoms with Gasteiger partial charge < -0.3 is 9.52 Å². The maximum Gasteiger partial charge on any atom is 0.226 e. The fourth-order valence-electron chi connectivity index (χ4n) is 1.60. The van der Waals surface area contributed by atoms with Crippen molar-refractivity contribution in [3.05, 3.63) is 41.8 Å². The van der Waals surface area contributed by atoms with Crippen LogP contribution >= 0.6 is 0 Å². The van der Waals surface area contributed by atoms with E-state index in [1.807, 2.05) is 31.2 Å². The van der Waals surface area contributed by atoms with Gasteiger partial charge >= 0.3 is 0 Å². The maximum absolute atomic E-state index is 9.24. The van der Waals surface area contributed by atoms with E-state index in [1.165, 1.54) is 5.56 Å². The zero-order valence-electron chi connectivity index (χ0n) is 9.47. The molecule has 0 amide bonds. The van der Waals surface area contributed by atoms with Gasteiger partial charge in [0.2, 0.25) is 5.89 Å².